The van der Waals surface area contributed by atoms with Gasteiger partial charge >= 0.3 is 0 Å². The van der Waals surface area contributed by atoms with E-state index in [1.807, 2.05) is 11.8 Å². The number of halogens is 1. The van der Waals surface area contributed by atoms with Crippen molar-refractivity contribution in [2.24, 2.45) is 7.05 Å². The van der Waals surface area contributed by atoms with Gasteiger partial charge in [0.2, 0.25) is 0 Å². The van der Waals surface area contributed by atoms with E-state index in [1.54, 1.807) is 13.2 Å². The largest absolute Gasteiger partial charge is 0.379 e. The molecule has 2 rings (SSSR count). The summed E-state index contributed by atoms with van der Waals surface area (Å²) in [5, 5.41) is 8.17. The Morgan fingerprint density at radius 3 is 3.11 bits per heavy atom. The molecule has 1 heterocycles. The predicted octanol–water partition coefficient (Wildman–Crippen LogP) is 2.63. The second-order valence-electron chi connectivity index (χ2n) is 4.48. The maximum absolute atomic E-state index is 11.8. The first-order chi connectivity index (χ1) is 8.63. The van der Waals surface area contributed by atoms with Gasteiger partial charge in [-0.1, -0.05) is 13.3 Å². The third-order valence-corrected chi connectivity index (χ3v) is 5.34. The molecule has 0 amide bonds. The molecule has 1 aromatic heterocycles. The normalized spacial score (nSPS) is 23.3. The van der Waals surface area contributed by atoms with Crippen LogP contribution in [0.3, 0.4) is 0 Å². The molecule has 6 heteroatoms. The topological polar surface area (TPSA) is 46.9 Å². The van der Waals surface area contributed by atoms with Crippen molar-refractivity contribution in [2.75, 3.05) is 11.1 Å². The van der Waals surface area contributed by atoms with E-state index in [1.165, 1.54) is 23.9 Å². The van der Waals surface area contributed by atoms with Crippen LogP contribution >= 0.6 is 27.7 Å². The Morgan fingerprint density at radius 1 is 1.61 bits per heavy atom. The van der Waals surface area contributed by atoms with Crippen molar-refractivity contribution >= 4 is 33.4 Å². The van der Waals surface area contributed by atoms with Crippen LogP contribution in [0.1, 0.15) is 26.2 Å². The van der Waals surface area contributed by atoms with Gasteiger partial charge < -0.3 is 5.32 Å². The minimum absolute atomic E-state index is 0.0994. The molecule has 1 saturated carbocycles. The Morgan fingerprint density at radius 2 is 2.39 bits per heavy atom. The van der Waals surface area contributed by atoms with Gasteiger partial charge in [-0.3, -0.25) is 4.79 Å². The first kappa shape index (κ1) is 13.9. The minimum atomic E-state index is -0.0994. The number of hydrogen-bond acceptors (Lipinski definition) is 4. The van der Waals surface area contributed by atoms with Crippen LogP contribution in [0.2, 0.25) is 0 Å². The molecule has 2 atom stereocenters. The lowest BCUT2D eigenvalue weighted by molar-refractivity contribution is 0.697. The predicted molar refractivity (Wildman–Crippen MR) is 80.4 cm³/mol. The third-order valence-electron chi connectivity index (χ3n) is 3.25. The van der Waals surface area contributed by atoms with Gasteiger partial charge in [-0.2, -0.15) is 16.9 Å². The monoisotopic (exact) mass is 331 g/mol. The number of aryl methyl sites for hydroxylation is 1. The van der Waals surface area contributed by atoms with Crippen molar-refractivity contribution in [1.82, 2.24) is 9.78 Å². The Balaban J connectivity index is 2.14. The van der Waals surface area contributed by atoms with Crippen molar-refractivity contribution in [2.45, 2.75) is 37.5 Å². The summed E-state index contributed by atoms with van der Waals surface area (Å²) in [7, 11) is 1.65. The van der Waals surface area contributed by atoms with Crippen LogP contribution < -0.4 is 10.9 Å². The average Bonchev–Trinajstić information content (AvgIpc) is 2.78. The summed E-state index contributed by atoms with van der Waals surface area (Å²) in [5.41, 5.74) is 0.712. The molecule has 18 heavy (non-hydrogen) atoms. The number of anilines is 1. The van der Waals surface area contributed by atoms with Crippen LogP contribution in [-0.4, -0.2) is 26.8 Å². The molecule has 0 saturated heterocycles. The van der Waals surface area contributed by atoms with Crippen LogP contribution in [-0.2, 0) is 7.05 Å². The molecule has 2 unspecified atom stereocenters. The van der Waals surface area contributed by atoms with E-state index in [4.69, 9.17) is 0 Å². The maximum atomic E-state index is 11.8. The second-order valence-corrected chi connectivity index (χ2v) is 6.79. The highest BCUT2D eigenvalue weighted by atomic mass is 79.9. The van der Waals surface area contributed by atoms with Gasteiger partial charge in [0.1, 0.15) is 4.47 Å². The first-order valence-electron chi connectivity index (χ1n) is 6.23. The van der Waals surface area contributed by atoms with Crippen molar-refractivity contribution in [3.8, 4) is 0 Å². The summed E-state index contributed by atoms with van der Waals surface area (Å²) in [4.78, 5) is 11.8. The molecule has 1 N–H and O–H groups in total. The number of hydrogen-bond donors (Lipinski definition) is 1. The molecule has 100 valence electrons. The molecule has 0 spiro atoms. The number of nitrogens with one attached hydrogen (secondary N) is 1. The molecule has 0 bridgehead atoms. The lowest BCUT2D eigenvalue weighted by atomic mass is 10.2. The molecular weight excluding hydrogens is 314 g/mol. The lowest BCUT2D eigenvalue weighted by Gasteiger charge is -2.21. The zero-order valence-electron chi connectivity index (χ0n) is 10.6. The highest BCUT2D eigenvalue weighted by Gasteiger charge is 2.27. The maximum Gasteiger partial charge on any atom is 0.282 e. The average molecular weight is 332 g/mol. The van der Waals surface area contributed by atoms with E-state index >= 15 is 0 Å². The summed E-state index contributed by atoms with van der Waals surface area (Å²) < 4.78 is 1.91. The van der Waals surface area contributed by atoms with Crippen LogP contribution in [0.5, 0.6) is 0 Å². The zero-order chi connectivity index (χ0) is 13.1. The Kier molecular flexibility index (Phi) is 4.72. The molecule has 1 aromatic rings. The van der Waals surface area contributed by atoms with Crippen molar-refractivity contribution < 1.29 is 0 Å². The number of aromatic nitrogens is 2. The fourth-order valence-corrected chi connectivity index (χ4v) is 3.99. The zero-order valence-corrected chi connectivity index (χ0v) is 13.1. The molecule has 4 nitrogen and oxygen atoms in total. The Hall–Kier alpha value is -0.490. The summed E-state index contributed by atoms with van der Waals surface area (Å²) in [6, 6.07) is 0.445. The standard InChI is InChI=1S/C12H18BrN3OS/c1-3-18-10-6-4-5-8(10)15-9-7-14-16(2)12(17)11(9)13/h7-8,10,15H,3-6H2,1-2H3. The van der Waals surface area contributed by atoms with Gasteiger partial charge in [0.15, 0.2) is 0 Å². The van der Waals surface area contributed by atoms with Crippen LogP contribution in [0.4, 0.5) is 5.69 Å². The fourth-order valence-electron chi connectivity index (χ4n) is 2.32. The number of rotatable bonds is 4. The number of nitrogens with zero attached hydrogens (tertiary/aromatic N) is 2. The van der Waals surface area contributed by atoms with Gasteiger partial charge in [0, 0.05) is 18.3 Å². The molecule has 0 aromatic carbocycles. The van der Waals surface area contributed by atoms with E-state index in [0.29, 0.717) is 15.8 Å². The van der Waals surface area contributed by atoms with Crippen LogP contribution in [0, 0.1) is 0 Å². The van der Waals surface area contributed by atoms with E-state index in [0.717, 1.165) is 11.4 Å². The van der Waals surface area contributed by atoms with Crippen LogP contribution in [0.15, 0.2) is 15.5 Å². The Labute approximate surface area is 120 Å². The van der Waals surface area contributed by atoms with Gasteiger partial charge in [-0.25, -0.2) is 4.68 Å². The highest BCUT2D eigenvalue weighted by Crippen LogP contribution is 2.32. The van der Waals surface area contributed by atoms with Gasteiger partial charge in [0.05, 0.1) is 11.9 Å². The smallest absolute Gasteiger partial charge is 0.282 e. The van der Waals surface area contributed by atoms with Crippen molar-refractivity contribution in [3.63, 3.8) is 0 Å². The molecule has 1 fully saturated rings. The van der Waals surface area contributed by atoms with Crippen molar-refractivity contribution in [3.05, 3.63) is 21.0 Å². The summed E-state index contributed by atoms with van der Waals surface area (Å²) in [6.07, 6.45) is 5.40. The van der Waals surface area contributed by atoms with Crippen LogP contribution in [0.25, 0.3) is 0 Å². The van der Waals surface area contributed by atoms with E-state index < -0.39 is 0 Å². The molecule has 0 radical (unpaired) electrons. The molecule has 1 aliphatic rings. The summed E-state index contributed by atoms with van der Waals surface area (Å²) in [6.45, 7) is 2.19. The SMILES string of the molecule is CCSC1CCCC1Nc1cnn(C)c(=O)c1Br. The molecular formula is C12H18BrN3OS. The quantitative estimate of drug-likeness (QED) is 0.921. The summed E-state index contributed by atoms with van der Waals surface area (Å²) >= 11 is 5.35. The Bertz CT molecular complexity index is 477. The lowest BCUT2D eigenvalue weighted by Crippen LogP contribution is -2.29. The number of thioether (sulfide) groups is 1. The van der Waals surface area contributed by atoms with E-state index in [2.05, 4.69) is 33.3 Å². The second kappa shape index (κ2) is 6.10. The highest BCUT2D eigenvalue weighted by molar-refractivity contribution is 9.10. The van der Waals surface area contributed by atoms with Crippen molar-refractivity contribution in [1.29, 1.82) is 0 Å². The first-order valence-corrected chi connectivity index (χ1v) is 8.07. The molecule has 0 aliphatic heterocycles. The van der Waals surface area contributed by atoms with Gasteiger partial charge in [0.25, 0.3) is 5.56 Å². The fraction of sp³-hybridized carbons (Fsp3) is 0.667. The minimum Gasteiger partial charge on any atom is -0.379 e. The van der Waals surface area contributed by atoms with E-state index in [-0.39, 0.29) is 5.56 Å². The van der Waals surface area contributed by atoms with Gasteiger partial charge in [-0.05, 0) is 34.5 Å². The van der Waals surface area contributed by atoms with E-state index in [9.17, 15) is 4.79 Å². The molecule has 1 aliphatic carbocycles. The van der Waals surface area contributed by atoms with Gasteiger partial charge in [-0.15, -0.1) is 0 Å². The third kappa shape index (κ3) is 2.91. The summed E-state index contributed by atoms with van der Waals surface area (Å²) in [5.74, 6) is 1.14.